The van der Waals surface area contributed by atoms with Crippen LogP contribution in [0.2, 0.25) is 0 Å². The number of sulfone groups is 1. The number of nitrogens with zero attached hydrogens (tertiary/aromatic N) is 1. The number of hydrogen-bond donors (Lipinski definition) is 1. The lowest BCUT2D eigenvalue weighted by atomic mass is 9.88. The van der Waals surface area contributed by atoms with Crippen molar-refractivity contribution < 1.29 is 18.3 Å². The molecule has 2 unspecified atom stereocenters. The number of aliphatic carboxylic acids is 1. The van der Waals surface area contributed by atoms with Crippen LogP contribution >= 0.6 is 0 Å². The highest BCUT2D eigenvalue weighted by molar-refractivity contribution is 7.92. The molecule has 1 N–H and O–H groups in total. The van der Waals surface area contributed by atoms with Gasteiger partial charge in [-0.2, -0.15) is 0 Å². The van der Waals surface area contributed by atoms with Gasteiger partial charge in [-0.3, -0.25) is 9.69 Å². The summed E-state index contributed by atoms with van der Waals surface area (Å²) in [7, 11) is -3.53. The number of hydrogen-bond acceptors (Lipinski definition) is 4. The third kappa shape index (κ3) is 5.04. The van der Waals surface area contributed by atoms with Gasteiger partial charge in [-0.25, -0.2) is 8.42 Å². The lowest BCUT2D eigenvalue weighted by Crippen LogP contribution is -2.38. The minimum atomic E-state index is -3.53. The summed E-state index contributed by atoms with van der Waals surface area (Å²) in [6, 6.07) is 10.7. The predicted molar refractivity (Wildman–Crippen MR) is 90.4 cm³/mol. The molecule has 1 fully saturated rings. The summed E-state index contributed by atoms with van der Waals surface area (Å²) in [5, 5.41) is 8.68. The third-order valence-electron chi connectivity index (χ3n) is 4.58. The van der Waals surface area contributed by atoms with E-state index in [1.165, 1.54) is 5.56 Å². The molecule has 0 spiro atoms. The van der Waals surface area contributed by atoms with E-state index in [0.717, 1.165) is 25.8 Å². The highest BCUT2D eigenvalue weighted by Crippen LogP contribution is 2.33. The van der Waals surface area contributed by atoms with Crippen LogP contribution in [0.3, 0.4) is 0 Å². The first-order valence-electron chi connectivity index (χ1n) is 8.14. The first-order chi connectivity index (χ1) is 10.9. The van der Waals surface area contributed by atoms with Crippen LogP contribution in [0.25, 0.3) is 0 Å². The molecule has 6 heteroatoms. The Hall–Kier alpha value is -1.40. The second-order valence-corrected chi connectivity index (χ2v) is 8.34. The van der Waals surface area contributed by atoms with Gasteiger partial charge in [-0.05, 0) is 37.3 Å². The largest absolute Gasteiger partial charge is 0.480 e. The number of likely N-dealkylation sites (tertiary alicyclic amines) is 1. The summed E-state index contributed by atoms with van der Waals surface area (Å²) in [4.78, 5) is 12.8. The van der Waals surface area contributed by atoms with Crippen molar-refractivity contribution in [2.75, 3.05) is 24.6 Å². The van der Waals surface area contributed by atoms with Gasteiger partial charge in [0, 0.05) is 12.6 Å². The maximum atomic E-state index is 11.8. The third-order valence-corrected chi connectivity index (χ3v) is 6.07. The van der Waals surface area contributed by atoms with E-state index >= 15 is 0 Å². The predicted octanol–water partition coefficient (Wildman–Crippen LogP) is 2.14. The van der Waals surface area contributed by atoms with E-state index in [1.54, 1.807) is 0 Å². The monoisotopic (exact) mass is 339 g/mol. The van der Waals surface area contributed by atoms with Crippen LogP contribution in [0, 0.1) is 0 Å². The van der Waals surface area contributed by atoms with Crippen molar-refractivity contribution in [3.8, 4) is 0 Å². The molecular weight excluding hydrogens is 314 g/mol. The Bertz CT molecular complexity index is 615. The van der Waals surface area contributed by atoms with E-state index < -0.39 is 21.6 Å². The number of carbonyl (C=O) groups is 1. The fourth-order valence-corrected chi connectivity index (χ4v) is 4.57. The second kappa shape index (κ2) is 7.93. The number of carboxylic acid groups (broad SMARTS) is 1. The summed E-state index contributed by atoms with van der Waals surface area (Å²) < 4.78 is 23.6. The first-order valence-corrected chi connectivity index (χ1v) is 9.96. The Morgan fingerprint density at radius 1 is 1.35 bits per heavy atom. The standard InChI is InChI=1S/C17H25NO4S/c1-2-15(14-7-4-3-5-8-14)16-9-6-10-18(16)11-12-23(21,22)13-17(19)20/h3-5,7-8,15-16H,2,6,9-13H2,1H3,(H,19,20). The molecule has 2 rings (SSSR count). The molecule has 0 saturated carbocycles. The smallest absolute Gasteiger partial charge is 0.318 e. The van der Waals surface area contributed by atoms with E-state index in [-0.39, 0.29) is 5.75 Å². The average Bonchev–Trinajstić information content (AvgIpc) is 2.94. The lowest BCUT2D eigenvalue weighted by molar-refractivity contribution is -0.134. The van der Waals surface area contributed by atoms with Gasteiger partial charge in [-0.1, -0.05) is 37.3 Å². The van der Waals surface area contributed by atoms with E-state index in [0.29, 0.717) is 18.5 Å². The molecule has 0 bridgehead atoms. The molecule has 1 aliphatic rings. The van der Waals surface area contributed by atoms with Crippen molar-refractivity contribution in [3.63, 3.8) is 0 Å². The Morgan fingerprint density at radius 2 is 2.04 bits per heavy atom. The lowest BCUT2D eigenvalue weighted by Gasteiger charge is -2.31. The quantitative estimate of drug-likeness (QED) is 0.785. The summed E-state index contributed by atoms with van der Waals surface area (Å²) in [6.45, 7) is 3.47. The van der Waals surface area contributed by atoms with Gasteiger partial charge in [0.25, 0.3) is 0 Å². The molecule has 1 aromatic rings. The minimum Gasteiger partial charge on any atom is -0.480 e. The van der Waals surface area contributed by atoms with Gasteiger partial charge >= 0.3 is 5.97 Å². The molecule has 0 aromatic heterocycles. The van der Waals surface area contributed by atoms with Crippen LogP contribution in [-0.4, -0.2) is 55.0 Å². The molecule has 23 heavy (non-hydrogen) atoms. The highest BCUT2D eigenvalue weighted by Gasteiger charge is 2.32. The van der Waals surface area contributed by atoms with Gasteiger partial charge in [0.15, 0.2) is 9.84 Å². The van der Waals surface area contributed by atoms with Crippen LogP contribution in [-0.2, 0) is 14.6 Å². The highest BCUT2D eigenvalue weighted by atomic mass is 32.2. The van der Waals surface area contributed by atoms with Crippen LogP contribution < -0.4 is 0 Å². The minimum absolute atomic E-state index is 0.0823. The number of rotatable bonds is 8. The van der Waals surface area contributed by atoms with E-state index in [4.69, 9.17) is 5.11 Å². The zero-order valence-corrected chi connectivity index (χ0v) is 14.3. The fraction of sp³-hybridized carbons (Fsp3) is 0.588. The normalized spacial score (nSPS) is 20.5. The Balaban J connectivity index is 2.03. The summed E-state index contributed by atoms with van der Waals surface area (Å²) in [5.41, 5.74) is 1.29. The van der Waals surface area contributed by atoms with Crippen molar-refractivity contribution in [3.05, 3.63) is 35.9 Å². The zero-order valence-electron chi connectivity index (χ0n) is 13.5. The molecule has 1 aromatic carbocycles. The zero-order chi connectivity index (χ0) is 16.9. The van der Waals surface area contributed by atoms with Gasteiger partial charge in [-0.15, -0.1) is 0 Å². The SMILES string of the molecule is CCC(c1ccccc1)C1CCCN1CCS(=O)(=O)CC(=O)O. The van der Waals surface area contributed by atoms with Gasteiger partial charge in [0.1, 0.15) is 5.75 Å². The van der Waals surface area contributed by atoms with Crippen molar-refractivity contribution in [1.29, 1.82) is 0 Å². The molecular formula is C17H25NO4S. The Labute approximate surface area is 138 Å². The molecule has 2 atom stereocenters. The summed E-state index contributed by atoms with van der Waals surface area (Å²) >= 11 is 0. The van der Waals surface area contributed by atoms with Gasteiger partial charge in [0.05, 0.1) is 5.75 Å². The van der Waals surface area contributed by atoms with Crippen LogP contribution in [0.4, 0.5) is 0 Å². The average molecular weight is 339 g/mol. The van der Waals surface area contributed by atoms with Crippen LogP contribution in [0.5, 0.6) is 0 Å². The Morgan fingerprint density at radius 3 is 2.65 bits per heavy atom. The topological polar surface area (TPSA) is 74.7 Å². The van der Waals surface area contributed by atoms with Crippen molar-refractivity contribution >= 4 is 15.8 Å². The molecule has 1 heterocycles. The number of carboxylic acids is 1. The molecule has 5 nitrogen and oxygen atoms in total. The van der Waals surface area contributed by atoms with E-state index in [2.05, 4.69) is 24.0 Å². The van der Waals surface area contributed by atoms with Crippen LogP contribution in [0.1, 0.15) is 37.7 Å². The van der Waals surface area contributed by atoms with Crippen molar-refractivity contribution in [1.82, 2.24) is 4.90 Å². The molecule has 0 aliphatic carbocycles. The van der Waals surface area contributed by atoms with E-state index in [9.17, 15) is 13.2 Å². The van der Waals surface area contributed by atoms with Gasteiger partial charge < -0.3 is 5.11 Å². The summed E-state index contributed by atoms with van der Waals surface area (Å²) in [5.74, 6) is -1.75. The molecule has 1 saturated heterocycles. The molecule has 0 radical (unpaired) electrons. The fourth-order valence-electron chi connectivity index (χ4n) is 3.53. The summed E-state index contributed by atoms with van der Waals surface area (Å²) in [6.07, 6.45) is 3.13. The molecule has 0 amide bonds. The Kier molecular flexibility index (Phi) is 6.18. The molecule has 128 valence electrons. The van der Waals surface area contributed by atoms with Crippen molar-refractivity contribution in [2.24, 2.45) is 0 Å². The second-order valence-electron chi connectivity index (χ2n) is 6.16. The molecule has 1 aliphatic heterocycles. The van der Waals surface area contributed by atoms with Gasteiger partial charge in [0.2, 0.25) is 0 Å². The van der Waals surface area contributed by atoms with Crippen LogP contribution in [0.15, 0.2) is 30.3 Å². The van der Waals surface area contributed by atoms with E-state index in [1.807, 2.05) is 18.2 Å². The first kappa shape index (κ1) is 17.9. The maximum Gasteiger partial charge on any atom is 0.318 e. The number of benzene rings is 1. The maximum absolute atomic E-state index is 11.8. The van der Waals surface area contributed by atoms with Crippen molar-refractivity contribution in [2.45, 2.75) is 38.1 Å².